The molecule has 2 aromatic rings. The third kappa shape index (κ3) is 3.57. The van der Waals surface area contributed by atoms with Gasteiger partial charge < -0.3 is 19.7 Å². The Balaban J connectivity index is 1.53. The van der Waals surface area contributed by atoms with Gasteiger partial charge in [-0.1, -0.05) is 0 Å². The average Bonchev–Trinajstić information content (AvgIpc) is 3.10. The van der Waals surface area contributed by atoms with Crippen LogP contribution in [0.5, 0.6) is 0 Å². The number of hydrogen-bond acceptors (Lipinski definition) is 6. The van der Waals surface area contributed by atoms with Gasteiger partial charge in [-0.3, -0.25) is 0 Å². The van der Waals surface area contributed by atoms with Crippen molar-refractivity contribution in [1.82, 2.24) is 9.97 Å². The zero-order valence-electron chi connectivity index (χ0n) is 14.8. The molecule has 2 saturated heterocycles. The van der Waals surface area contributed by atoms with E-state index in [1.807, 2.05) is 6.07 Å². The summed E-state index contributed by atoms with van der Waals surface area (Å²) in [6, 6.07) is 3.78. The maximum absolute atomic E-state index is 13.9. The van der Waals surface area contributed by atoms with Crippen LogP contribution in [-0.4, -0.2) is 42.1 Å². The van der Waals surface area contributed by atoms with Crippen molar-refractivity contribution in [2.45, 2.75) is 25.6 Å². The zero-order valence-corrected chi connectivity index (χ0v) is 14.8. The van der Waals surface area contributed by atoms with Gasteiger partial charge >= 0.3 is 0 Å². The summed E-state index contributed by atoms with van der Waals surface area (Å²) >= 11 is 0. The summed E-state index contributed by atoms with van der Waals surface area (Å²) in [5.74, 6) is -3.80. The fourth-order valence-electron chi connectivity index (χ4n) is 3.37. The largest absolute Gasteiger partial charge is 0.356 e. The Kier molecular flexibility index (Phi) is 4.65. The van der Waals surface area contributed by atoms with Crippen LogP contribution in [0.3, 0.4) is 0 Å². The molecule has 0 saturated carbocycles. The van der Waals surface area contributed by atoms with Crippen molar-refractivity contribution >= 4 is 17.5 Å². The van der Waals surface area contributed by atoms with Crippen LogP contribution in [0.15, 0.2) is 18.2 Å². The summed E-state index contributed by atoms with van der Waals surface area (Å²) in [4.78, 5) is 10.7. The van der Waals surface area contributed by atoms with Crippen molar-refractivity contribution in [3.8, 4) is 0 Å². The van der Waals surface area contributed by atoms with Crippen LogP contribution in [-0.2, 0) is 9.47 Å². The molecule has 0 radical (unpaired) electrons. The fraction of sp³-hybridized carbons (Fsp3) is 0.444. The third-order valence-corrected chi connectivity index (χ3v) is 4.79. The minimum absolute atomic E-state index is 0.114. The Hall–Kier alpha value is -2.39. The zero-order chi connectivity index (χ0) is 19.0. The number of hydrogen-bond donors (Lipinski definition) is 1. The van der Waals surface area contributed by atoms with E-state index in [1.54, 1.807) is 6.92 Å². The summed E-state index contributed by atoms with van der Waals surface area (Å²) in [5.41, 5.74) is 0.440. The van der Waals surface area contributed by atoms with Crippen LogP contribution in [0.25, 0.3) is 0 Å². The Morgan fingerprint density at radius 3 is 2.44 bits per heavy atom. The second kappa shape index (κ2) is 6.97. The predicted octanol–water partition coefficient (Wildman–Crippen LogP) is 3.29. The molecule has 0 amide bonds. The summed E-state index contributed by atoms with van der Waals surface area (Å²) in [7, 11) is 0. The van der Waals surface area contributed by atoms with Crippen LogP contribution in [0, 0.1) is 24.4 Å². The molecule has 0 bridgehead atoms. The van der Waals surface area contributed by atoms with Crippen LogP contribution < -0.4 is 10.2 Å². The molecule has 1 aromatic heterocycles. The van der Waals surface area contributed by atoms with Crippen molar-refractivity contribution in [2.75, 3.05) is 36.5 Å². The molecule has 144 valence electrons. The molecule has 2 aliphatic heterocycles. The number of rotatable bonds is 3. The molecular weight excluding hydrogens is 361 g/mol. The maximum atomic E-state index is 13.9. The first-order chi connectivity index (χ1) is 13.0. The van der Waals surface area contributed by atoms with E-state index in [0.717, 1.165) is 25.0 Å². The highest BCUT2D eigenvalue weighted by Crippen LogP contribution is 2.33. The normalized spacial score (nSPS) is 18.9. The van der Waals surface area contributed by atoms with E-state index in [0.29, 0.717) is 37.8 Å². The summed E-state index contributed by atoms with van der Waals surface area (Å²) in [6.45, 7) is 4.39. The SMILES string of the molecule is Cc1cc(N2CCC3(CC2)OCCO3)nc(Nc2ccc(F)c(F)c2F)n1. The average molecular weight is 380 g/mol. The number of anilines is 3. The highest BCUT2D eigenvalue weighted by molar-refractivity contribution is 5.56. The Labute approximate surface area is 154 Å². The second-order valence-corrected chi connectivity index (χ2v) is 6.63. The molecule has 4 rings (SSSR count). The number of piperidine rings is 1. The van der Waals surface area contributed by atoms with Crippen LogP contribution in [0.4, 0.5) is 30.6 Å². The van der Waals surface area contributed by atoms with E-state index in [1.165, 1.54) is 0 Å². The summed E-state index contributed by atoms with van der Waals surface area (Å²) in [6.07, 6.45) is 1.44. The predicted molar refractivity (Wildman–Crippen MR) is 92.4 cm³/mol. The summed E-state index contributed by atoms with van der Waals surface area (Å²) < 4.78 is 51.9. The highest BCUT2D eigenvalue weighted by atomic mass is 19.2. The lowest BCUT2D eigenvalue weighted by Crippen LogP contribution is -2.45. The molecule has 1 spiro atoms. The lowest BCUT2D eigenvalue weighted by atomic mass is 10.0. The first-order valence-electron chi connectivity index (χ1n) is 8.75. The van der Waals surface area contributed by atoms with Crippen molar-refractivity contribution in [1.29, 1.82) is 0 Å². The topological polar surface area (TPSA) is 59.5 Å². The number of ether oxygens (including phenoxy) is 2. The third-order valence-electron chi connectivity index (χ3n) is 4.79. The van der Waals surface area contributed by atoms with Gasteiger partial charge in [-0.2, -0.15) is 4.98 Å². The molecule has 6 nitrogen and oxygen atoms in total. The minimum atomic E-state index is -1.54. The number of halogens is 3. The molecule has 0 aliphatic carbocycles. The van der Waals surface area contributed by atoms with Gasteiger partial charge in [0.25, 0.3) is 0 Å². The quantitative estimate of drug-likeness (QED) is 0.825. The number of aryl methyl sites for hydroxylation is 1. The van der Waals surface area contributed by atoms with Gasteiger partial charge in [-0.25, -0.2) is 18.2 Å². The van der Waals surface area contributed by atoms with E-state index < -0.39 is 23.2 Å². The molecule has 1 aromatic carbocycles. The first kappa shape index (κ1) is 18.0. The van der Waals surface area contributed by atoms with Crippen molar-refractivity contribution in [3.05, 3.63) is 41.3 Å². The lowest BCUT2D eigenvalue weighted by molar-refractivity contribution is -0.169. The van der Waals surface area contributed by atoms with Gasteiger partial charge in [0.15, 0.2) is 23.2 Å². The molecule has 1 N–H and O–H groups in total. The van der Waals surface area contributed by atoms with Gasteiger partial charge in [0.2, 0.25) is 5.95 Å². The van der Waals surface area contributed by atoms with Crippen LogP contribution >= 0.6 is 0 Å². The number of nitrogens with one attached hydrogen (secondary N) is 1. The Bertz CT molecular complexity index is 849. The van der Waals surface area contributed by atoms with E-state index >= 15 is 0 Å². The van der Waals surface area contributed by atoms with E-state index in [9.17, 15) is 13.2 Å². The van der Waals surface area contributed by atoms with E-state index in [-0.39, 0.29) is 11.6 Å². The smallest absolute Gasteiger partial charge is 0.229 e. The molecule has 27 heavy (non-hydrogen) atoms. The van der Waals surface area contributed by atoms with Gasteiger partial charge in [0.1, 0.15) is 5.82 Å². The van der Waals surface area contributed by atoms with Crippen LogP contribution in [0.2, 0.25) is 0 Å². The monoisotopic (exact) mass is 380 g/mol. The lowest BCUT2D eigenvalue weighted by Gasteiger charge is -2.38. The second-order valence-electron chi connectivity index (χ2n) is 6.63. The molecule has 2 fully saturated rings. The van der Waals surface area contributed by atoms with Crippen molar-refractivity contribution in [2.24, 2.45) is 0 Å². The fourth-order valence-corrected chi connectivity index (χ4v) is 3.37. The summed E-state index contributed by atoms with van der Waals surface area (Å²) in [5, 5.41) is 2.63. The van der Waals surface area contributed by atoms with Gasteiger partial charge in [0, 0.05) is 37.7 Å². The molecule has 2 aliphatic rings. The number of benzene rings is 1. The maximum Gasteiger partial charge on any atom is 0.229 e. The van der Waals surface area contributed by atoms with E-state index in [2.05, 4.69) is 20.2 Å². The number of nitrogens with zero attached hydrogens (tertiary/aromatic N) is 3. The molecule has 9 heteroatoms. The molecule has 0 unspecified atom stereocenters. The molecular formula is C18H19F3N4O2. The minimum Gasteiger partial charge on any atom is -0.356 e. The standard InChI is InChI=1S/C18H19F3N4O2/c1-11-10-14(25-6-4-18(5-7-25)26-8-9-27-18)24-17(22-11)23-13-3-2-12(19)15(20)16(13)21/h2-3,10H,4-9H2,1H3,(H,22,23,24). The first-order valence-corrected chi connectivity index (χ1v) is 8.75. The Morgan fingerprint density at radius 2 is 1.74 bits per heavy atom. The molecule has 0 atom stereocenters. The highest BCUT2D eigenvalue weighted by Gasteiger charge is 2.40. The number of aromatic nitrogens is 2. The van der Waals surface area contributed by atoms with Crippen molar-refractivity contribution in [3.63, 3.8) is 0 Å². The van der Waals surface area contributed by atoms with Gasteiger partial charge in [-0.05, 0) is 19.1 Å². The Morgan fingerprint density at radius 1 is 1.04 bits per heavy atom. The van der Waals surface area contributed by atoms with Gasteiger partial charge in [0.05, 0.1) is 18.9 Å². The molecule has 3 heterocycles. The van der Waals surface area contributed by atoms with Gasteiger partial charge in [-0.15, -0.1) is 0 Å². The van der Waals surface area contributed by atoms with Crippen molar-refractivity contribution < 1.29 is 22.6 Å². The van der Waals surface area contributed by atoms with Crippen LogP contribution in [0.1, 0.15) is 18.5 Å². The van der Waals surface area contributed by atoms with E-state index in [4.69, 9.17) is 9.47 Å².